The third kappa shape index (κ3) is 4.86. The summed E-state index contributed by atoms with van der Waals surface area (Å²) in [4.78, 5) is 17.7. The van der Waals surface area contributed by atoms with Gasteiger partial charge in [-0.25, -0.2) is 0 Å². The van der Waals surface area contributed by atoms with Gasteiger partial charge >= 0.3 is 0 Å². The van der Waals surface area contributed by atoms with Crippen LogP contribution < -0.4 is 5.32 Å². The van der Waals surface area contributed by atoms with Crippen LogP contribution in [0.15, 0.2) is 17.5 Å². The average molecular weight is 297 g/mol. The van der Waals surface area contributed by atoms with Crippen molar-refractivity contribution >= 4 is 17.2 Å². The van der Waals surface area contributed by atoms with Crippen LogP contribution in [0.3, 0.4) is 0 Å². The molecule has 0 aliphatic carbocycles. The highest BCUT2D eigenvalue weighted by Crippen LogP contribution is 2.13. The van der Waals surface area contributed by atoms with Crippen molar-refractivity contribution in [3.63, 3.8) is 0 Å². The van der Waals surface area contributed by atoms with E-state index in [4.69, 9.17) is 4.74 Å². The molecule has 1 aliphatic rings. The van der Waals surface area contributed by atoms with Crippen molar-refractivity contribution in [1.82, 2.24) is 15.1 Å². The monoisotopic (exact) mass is 297 g/mol. The molecule has 0 unspecified atom stereocenters. The Morgan fingerprint density at radius 3 is 2.85 bits per heavy atom. The van der Waals surface area contributed by atoms with Gasteiger partial charge in [0.05, 0.1) is 13.2 Å². The fourth-order valence-corrected chi connectivity index (χ4v) is 3.01. The van der Waals surface area contributed by atoms with E-state index in [-0.39, 0.29) is 5.91 Å². The SMILES string of the molecule is COCCNCC(=O)N1CCN(Cc2cccs2)CC1. The highest BCUT2D eigenvalue weighted by atomic mass is 32.1. The van der Waals surface area contributed by atoms with E-state index in [1.54, 1.807) is 18.4 Å². The molecule has 0 aromatic carbocycles. The zero-order valence-electron chi connectivity index (χ0n) is 12.0. The number of carbonyl (C=O) groups excluding carboxylic acids is 1. The first kappa shape index (κ1) is 15.4. The van der Waals surface area contributed by atoms with Gasteiger partial charge in [-0.3, -0.25) is 9.69 Å². The summed E-state index contributed by atoms with van der Waals surface area (Å²) >= 11 is 1.80. The Kier molecular flexibility index (Phi) is 6.46. The van der Waals surface area contributed by atoms with Crippen LogP contribution in [0, 0.1) is 0 Å². The zero-order valence-corrected chi connectivity index (χ0v) is 12.8. The second-order valence-electron chi connectivity index (χ2n) is 4.91. The Morgan fingerprint density at radius 1 is 1.40 bits per heavy atom. The molecule has 1 N–H and O–H groups in total. The number of hydrogen-bond donors (Lipinski definition) is 1. The average Bonchev–Trinajstić information content (AvgIpc) is 2.97. The Hall–Kier alpha value is -0.950. The quantitative estimate of drug-likeness (QED) is 0.750. The molecule has 0 bridgehead atoms. The molecular weight excluding hydrogens is 274 g/mol. The third-order valence-corrected chi connectivity index (χ3v) is 4.30. The lowest BCUT2D eigenvalue weighted by Crippen LogP contribution is -2.50. The molecule has 1 saturated heterocycles. The number of thiophene rings is 1. The van der Waals surface area contributed by atoms with Crippen molar-refractivity contribution in [3.05, 3.63) is 22.4 Å². The van der Waals surface area contributed by atoms with E-state index in [1.807, 2.05) is 4.90 Å². The second-order valence-corrected chi connectivity index (χ2v) is 5.94. The lowest BCUT2D eigenvalue weighted by Gasteiger charge is -2.34. The first-order valence-electron chi connectivity index (χ1n) is 7.02. The summed E-state index contributed by atoms with van der Waals surface area (Å²) in [7, 11) is 1.66. The van der Waals surface area contributed by atoms with Crippen molar-refractivity contribution in [2.75, 3.05) is 53.0 Å². The maximum absolute atomic E-state index is 12.0. The normalized spacial score (nSPS) is 16.6. The molecule has 0 saturated carbocycles. The van der Waals surface area contributed by atoms with E-state index in [0.29, 0.717) is 13.2 Å². The minimum absolute atomic E-state index is 0.192. The van der Waals surface area contributed by atoms with Gasteiger partial charge in [-0.2, -0.15) is 0 Å². The molecule has 1 aromatic heterocycles. The van der Waals surface area contributed by atoms with E-state index in [2.05, 4.69) is 27.7 Å². The second kappa shape index (κ2) is 8.36. The van der Waals surface area contributed by atoms with Crippen molar-refractivity contribution in [2.24, 2.45) is 0 Å². The van der Waals surface area contributed by atoms with Crippen LogP contribution in [0.4, 0.5) is 0 Å². The fourth-order valence-electron chi connectivity index (χ4n) is 2.26. The van der Waals surface area contributed by atoms with Gasteiger partial charge in [-0.05, 0) is 11.4 Å². The van der Waals surface area contributed by atoms with Gasteiger partial charge in [0.15, 0.2) is 0 Å². The van der Waals surface area contributed by atoms with E-state index in [1.165, 1.54) is 4.88 Å². The minimum Gasteiger partial charge on any atom is -0.383 e. The molecule has 2 heterocycles. The van der Waals surface area contributed by atoms with Crippen LogP contribution in [0.1, 0.15) is 4.88 Å². The lowest BCUT2D eigenvalue weighted by atomic mass is 10.3. The summed E-state index contributed by atoms with van der Waals surface area (Å²) in [5.41, 5.74) is 0. The number of ether oxygens (including phenoxy) is 1. The van der Waals surface area contributed by atoms with E-state index in [0.717, 1.165) is 39.3 Å². The number of rotatable bonds is 7. The standard InChI is InChI=1S/C14H23N3O2S/c1-19-9-4-15-11-14(18)17-7-5-16(6-8-17)12-13-3-2-10-20-13/h2-3,10,15H,4-9,11-12H2,1H3. The summed E-state index contributed by atoms with van der Waals surface area (Å²) in [6, 6.07) is 4.26. The molecule has 1 aromatic rings. The van der Waals surface area contributed by atoms with Gasteiger partial charge in [0, 0.05) is 51.3 Å². The Balaban J connectivity index is 1.64. The topological polar surface area (TPSA) is 44.8 Å². The van der Waals surface area contributed by atoms with E-state index < -0.39 is 0 Å². The van der Waals surface area contributed by atoms with Gasteiger partial charge in [-0.15, -0.1) is 11.3 Å². The van der Waals surface area contributed by atoms with Crippen LogP contribution in [0.5, 0.6) is 0 Å². The summed E-state index contributed by atoms with van der Waals surface area (Å²) in [6.07, 6.45) is 0. The molecule has 1 fully saturated rings. The van der Waals surface area contributed by atoms with Crippen molar-refractivity contribution in [1.29, 1.82) is 0 Å². The largest absolute Gasteiger partial charge is 0.383 e. The predicted molar refractivity (Wildman–Crippen MR) is 80.9 cm³/mol. The number of amides is 1. The van der Waals surface area contributed by atoms with Gasteiger partial charge in [0.2, 0.25) is 5.91 Å². The van der Waals surface area contributed by atoms with E-state index >= 15 is 0 Å². The van der Waals surface area contributed by atoms with Crippen LogP contribution in [-0.2, 0) is 16.1 Å². The first-order valence-corrected chi connectivity index (χ1v) is 7.89. The number of piperazine rings is 1. The molecular formula is C14H23N3O2S. The van der Waals surface area contributed by atoms with Crippen molar-refractivity contribution in [3.8, 4) is 0 Å². The minimum atomic E-state index is 0.192. The fraction of sp³-hybridized carbons (Fsp3) is 0.643. The maximum atomic E-state index is 12.0. The molecule has 1 amide bonds. The molecule has 0 radical (unpaired) electrons. The molecule has 6 heteroatoms. The summed E-state index contributed by atoms with van der Waals surface area (Å²) in [5, 5.41) is 5.21. The van der Waals surface area contributed by atoms with E-state index in [9.17, 15) is 4.79 Å². The first-order chi connectivity index (χ1) is 9.79. The predicted octanol–water partition coefficient (Wildman–Crippen LogP) is 0.628. The maximum Gasteiger partial charge on any atom is 0.236 e. The molecule has 20 heavy (non-hydrogen) atoms. The molecule has 1 aliphatic heterocycles. The van der Waals surface area contributed by atoms with Gasteiger partial charge < -0.3 is 15.0 Å². The molecule has 5 nitrogen and oxygen atoms in total. The number of carbonyl (C=O) groups is 1. The smallest absolute Gasteiger partial charge is 0.236 e. The lowest BCUT2D eigenvalue weighted by molar-refractivity contribution is -0.132. The van der Waals surface area contributed by atoms with Crippen molar-refractivity contribution < 1.29 is 9.53 Å². The third-order valence-electron chi connectivity index (χ3n) is 3.44. The Labute approximate surface area is 124 Å². The molecule has 112 valence electrons. The molecule has 0 spiro atoms. The Morgan fingerprint density at radius 2 is 2.20 bits per heavy atom. The van der Waals surface area contributed by atoms with Crippen molar-refractivity contribution in [2.45, 2.75) is 6.54 Å². The number of nitrogens with zero attached hydrogens (tertiary/aromatic N) is 2. The zero-order chi connectivity index (χ0) is 14.2. The van der Waals surface area contributed by atoms with Crippen LogP contribution in [0.2, 0.25) is 0 Å². The van der Waals surface area contributed by atoms with Crippen LogP contribution >= 0.6 is 11.3 Å². The number of hydrogen-bond acceptors (Lipinski definition) is 5. The number of nitrogens with one attached hydrogen (secondary N) is 1. The summed E-state index contributed by atoms with van der Waals surface area (Å²) < 4.78 is 4.94. The molecule has 0 atom stereocenters. The van der Waals surface area contributed by atoms with Gasteiger partial charge in [-0.1, -0.05) is 6.07 Å². The van der Waals surface area contributed by atoms with Gasteiger partial charge in [0.25, 0.3) is 0 Å². The van der Waals surface area contributed by atoms with Crippen LogP contribution in [-0.4, -0.2) is 68.7 Å². The molecule has 2 rings (SSSR count). The summed E-state index contributed by atoms with van der Waals surface area (Å²) in [6.45, 7) is 6.36. The summed E-state index contributed by atoms with van der Waals surface area (Å²) in [5.74, 6) is 0.192. The van der Waals surface area contributed by atoms with Crippen LogP contribution in [0.25, 0.3) is 0 Å². The highest BCUT2D eigenvalue weighted by Gasteiger charge is 2.20. The highest BCUT2D eigenvalue weighted by molar-refractivity contribution is 7.09. The Bertz CT molecular complexity index is 389. The van der Waals surface area contributed by atoms with Gasteiger partial charge in [0.1, 0.15) is 0 Å². The number of methoxy groups -OCH3 is 1.